The monoisotopic (exact) mass is 212 g/mol. The van der Waals surface area contributed by atoms with Gasteiger partial charge in [0.1, 0.15) is 0 Å². The molecule has 6 heteroatoms. The van der Waals surface area contributed by atoms with E-state index in [9.17, 15) is 0 Å². The molecule has 1 fully saturated rings. The van der Waals surface area contributed by atoms with Crippen LogP contribution in [-0.2, 0) is 0 Å². The molecule has 0 radical (unpaired) electrons. The molecule has 0 spiro atoms. The molecule has 15 heavy (non-hydrogen) atoms. The summed E-state index contributed by atoms with van der Waals surface area (Å²) < 4.78 is 0. The maximum atomic E-state index is 7.07. The lowest BCUT2D eigenvalue weighted by Gasteiger charge is -2.27. The lowest BCUT2D eigenvalue weighted by atomic mass is 10.2. The second kappa shape index (κ2) is 4.97. The molecule has 0 aromatic carbocycles. The van der Waals surface area contributed by atoms with Crippen LogP contribution in [0, 0.1) is 5.41 Å². The largest absolute Gasteiger partial charge is 0.369 e. The van der Waals surface area contributed by atoms with Crippen molar-refractivity contribution < 1.29 is 0 Å². The summed E-state index contributed by atoms with van der Waals surface area (Å²) in [5.41, 5.74) is 11.0. The predicted molar refractivity (Wildman–Crippen MR) is 61.8 cm³/mol. The standard InChI is InChI=1S/C9H20N6/c1-14(2)6-7-4-3-5-15(7)9(12)13-8(10)11/h7H,3-6H2,1-2H3,(H5,10,11,12,13). The molecule has 1 rings (SSSR count). The number of nitrogens with zero attached hydrogens (tertiary/aromatic N) is 3. The van der Waals surface area contributed by atoms with Crippen LogP contribution >= 0.6 is 0 Å². The molecule has 86 valence electrons. The number of nitrogens with one attached hydrogen (secondary N) is 1. The summed E-state index contributed by atoms with van der Waals surface area (Å²) in [6, 6.07) is 0.392. The Kier molecular flexibility index (Phi) is 3.90. The van der Waals surface area contributed by atoms with Gasteiger partial charge in [-0.15, -0.1) is 0 Å². The van der Waals surface area contributed by atoms with Gasteiger partial charge < -0.3 is 21.3 Å². The Morgan fingerprint density at radius 3 is 2.73 bits per heavy atom. The first-order valence-corrected chi connectivity index (χ1v) is 5.10. The zero-order valence-electron chi connectivity index (χ0n) is 9.40. The van der Waals surface area contributed by atoms with E-state index in [-0.39, 0.29) is 5.96 Å². The average Bonchev–Trinajstić information content (AvgIpc) is 2.49. The number of guanidine groups is 2. The SMILES string of the molecule is CN(C)CC1CCCN1/C(N)=N/C(=N)N. The molecule has 0 amide bonds. The topological polar surface area (TPSA) is 94.7 Å². The molecular weight excluding hydrogens is 192 g/mol. The van der Waals surface area contributed by atoms with Crippen molar-refractivity contribution in [3.05, 3.63) is 0 Å². The van der Waals surface area contributed by atoms with Crippen molar-refractivity contribution in [2.45, 2.75) is 18.9 Å². The highest BCUT2D eigenvalue weighted by Gasteiger charge is 2.26. The summed E-state index contributed by atoms with van der Waals surface area (Å²) >= 11 is 0. The van der Waals surface area contributed by atoms with E-state index in [4.69, 9.17) is 16.9 Å². The Morgan fingerprint density at radius 2 is 2.20 bits per heavy atom. The predicted octanol–water partition coefficient (Wildman–Crippen LogP) is -0.779. The summed E-state index contributed by atoms with van der Waals surface area (Å²) in [6.07, 6.45) is 2.24. The number of likely N-dealkylation sites (tertiary alicyclic amines) is 1. The van der Waals surface area contributed by atoms with Crippen LogP contribution in [0.2, 0.25) is 0 Å². The van der Waals surface area contributed by atoms with Crippen LogP contribution < -0.4 is 11.5 Å². The van der Waals surface area contributed by atoms with Gasteiger partial charge in [0.15, 0.2) is 5.96 Å². The molecule has 0 saturated carbocycles. The van der Waals surface area contributed by atoms with Crippen LogP contribution in [0.3, 0.4) is 0 Å². The fraction of sp³-hybridized carbons (Fsp3) is 0.778. The van der Waals surface area contributed by atoms with Gasteiger partial charge in [0.2, 0.25) is 5.96 Å². The fourth-order valence-corrected chi connectivity index (χ4v) is 1.94. The molecular formula is C9H20N6. The van der Waals surface area contributed by atoms with E-state index in [1.54, 1.807) is 0 Å². The minimum absolute atomic E-state index is 0.233. The van der Waals surface area contributed by atoms with Crippen molar-refractivity contribution in [3.8, 4) is 0 Å². The van der Waals surface area contributed by atoms with Gasteiger partial charge in [0, 0.05) is 19.1 Å². The average molecular weight is 212 g/mol. The quantitative estimate of drug-likeness (QED) is 0.413. The van der Waals surface area contributed by atoms with Gasteiger partial charge in [-0.3, -0.25) is 5.41 Å². The molecule has 5 N–H and O–H groups in total. The van der Waals surface area contributed by atoms with E-state index in [0.29, 0.717) is 12.0 Å². The lowest BCUT2D eigenvalue weighted by molar-refractivity contribution is 0.284. The van der Waals surface area contributed by atoms with E-state index in [0.717, 1.165) is 25.9 Å². The zero-order chi connectivity index (χ0) is 11.4. The van der Waals surface area contributed by atoms with Gasteiger partial charge in [-0.05, 0) is 26.9 Å². The molecule has 1 aliphatic heterocycles. The molecule has 6 nitrogen and oxygen atoms in total. The number of hydrogen-bond acceptors (Lipinski definition) is 2. The number of nitrogens with two attached hydrogens (primary N) is 2. The van der Waals surface area contributed by atoms with Gasteiger partial charge in [-0.1, -0.05) is 0 Å². The first kappa shape index (κ1) is 11.8. The molecule has 0 aliphatic carbocycles. The minimum Gasteiger partial charge on any atom is -0.369 e. The maximum absolute atomic E-state index is 7.07. The molecule has 1 saturated heterocycles. The summed E-state index contributed by atoms with van der Waals surface area (Å²) in [4.78, 5) is 7.94. The summed E-state index contributed by atoms with van der Waals surface area (Å²) in [5, 5.41) is 7.07. The van der Waals surface area contributed by atoms with Crippen LogP contribution in [-0.4, -0.2) is 54.9 Å². The van der Waals surface area contributed by atoms with Crippen molar-refractivity contribution in [3.63, 3.8) is 0 Å². The third-order valence-electron chi connectivity index (χ3n) is 2.48. The van der Waals surface area contributed by atoms with Crippen molar-refractivity contribution in [1.29, 1.82) is 5.41 Å². The first-order valence-electron chi connectivity index (χ1n) is 5.10. The number of hydrogen-bond donors (Lipinski definition) is 3. The van der Waals surface area contributed by atoms with Crippen LogP contribution in [0.1, 0.15) is 12.8 Å². The van der Waals surface area contributed by atoms with Crippen molar-refractivity contribution in [2.75, 3.05) is 27.2 Å². The summed E-state index contributed by atoms with van der Waals surface area (Å²) in [5.74, 6) is 0.134. The number of rotatable bonds is 2. The van der Waals surface area contributed by atoms with E-state index in [2.05, 4.69) is 9.89 Å². The maximum Gasteiger partial charge on any atom is 0.215 e. The Labute approximate surface area is 90.4 Å². The van der Waals surface area contributed by atoms with Crippen LogP contribution in [0.25, 0.3) is 0 Å². The third-order valence-corrected chi connectivity index (χ3v) is 2.48. The van der Waals surface area contributed by atoms with Crippen molar-refractivity contribution >= 4 is 11.9 Å². The van der Waals surface area contributed by atoms with Gasteiger partial charge in [0.25, 0.3) is 0 Å². The summed E-state index contributed by atoms with van der Waals surface area (Å²) in [7, 11) is 4.07. The van der Waals surface area contributed by atoms with Crippen LogP contribution in [0.5, 0.6) is 0 Å². The number of likely N-dealkylation sites (N-methyl/N-ethyl adjacent to an activating group) is 1. The highest BCUT2D eigenvalue weighted by molar-refractivity contribution is 5.92. The first-order chi connectivity index (χ1) is 7.00. The van der Waals surface area contributed by atoms with Crippen LogP contribution in [0.15, 0.2) is 4.99 Å². The highest BCUT2D eigenvalue weighted by Crippen LogP contribution is 2.17. The van der Waals surface area contributed by atoms with E-state index >= 15 is 0 Å². The second-order valence-electron chi connectivity index (χ2n) is 4.11. The molecule has 0 aromatic rings. The molecule has 0 aromatic heterocycles. The molecule has 1 atom stereocenters. The van der Waals surface area contributed by atoms with E-state index in [1.165, 1.54) is 0 Å². The zero-order valence-corrected chi connectivity index (χ0v) is 9.40. The van der Waals surface area contributed by atoms with Crippen LogP contribution in [0.4, 0.5) is 0 Å². The van der Waals surface area contributed by atoms with Crippen molar-refractivity contribution in [2.24, 2.45) is 16.5 Å². The van der Waals surface area contributed by atoms with Crippen molar-refractivity contribution in [1.82, 2.24) is 9.80 Å². The molecule has 1 aliphatic rings. The Hall–Kier alpha value is -1.30. The van der Waals surface area contributed by atoms with Gasteiger partial charge in [0.05, 0.1) is 0 Å². The Balaban J connectivity index is 2.63. The molecule has 1 unspecified atom stereocenters. The van der Waals surface area contributed by atoms with Gasteiger partial charge in [-0.2, -0.15) is 4.99 Å². The summed E-state index contributed by atoms with van der Waals surface area (Å²) in [6.45, 7) is 1.86. The normalized spacial score (nSPS) is 22.5. The van der Waals surface area contributed by atoms with E-state index < -0.39 is 0 Å². The fourth-order valence-electron chi connectivity index (χ4n) is 1.94. The van der Waals surface area contributed by atoms with Gasteiger partial charge in [-0.25, -0.2) is 0 Å². The number of aliphatic imine (C=N–C) groups is 1. The second-order valence-corrected chi connectivity index (χ2v) is 4.11. The molecule has 0 bridgehead atoms. The highest BCUT2D eigenvalue weighted by atomic mass is 15.3. The minimum atomic E-state index is -0.233. The molecule has 1 heterocycles. The third kappa shape index (κ3) is 3.39. The Morgan fingerprint density at radius 1 is 1.53 bits per heavy atom. The Bertz CT molecular complexity index is 259. The van der Waals surface area contributed by atoms with Gasteiger partial charge >= 0.3 is 0 Å². The smallest absolute Gasteiger partial charge is 0.215 e. The lowest BCUT2D eigenvalue weighted by Crippen LogP contribution is -2.45. The van der Waals surface area contributed by atoms with E-state index in [1.807, 2.05) is 19.0 Å².